The number of ether oxygens (including phenoxy) is 1. The first-order valence-corrected chi connectivity index (χ1v) is 7.18. The Morgan fingerprint density at radius 3 is 2.40 bits per heavy atom. The van der Waals surface area contributed by atoms with Crippen molar-refractivity contribution in [3.8, 4) is 5.75 Å². The summed E-state index contributed by atoms with van der Waals surface area (Å²) in [6.45, 7) is 6.84. The lowest BCUT2D eigenvalue weighted by Crippen LogP contribution is -2.06. The van der Waals surface area contributed by atoms with Crippen molar-refractivity contribution in [2.45, 2.75) is 33.4 Å². The van der Waals surface area contributed by atoms with Gasteiger partial charge in [-0.15, -0.1) is 0 Å². The summed E-state index contributed by atoms with van der Waals surface area (Å²) in [4.78, 5) is 0. The van der Waals surface area contributed by atoms with Gasteiger partial charge in [-0.25, -0.2) is 0 Å². The summed E-state index contributed by atoms with van der Waals surface area (Å²) in [5.41, 5.74) is 3.34. The van der Waals surface area contributed by atoms with E-state index >= 15 is 0 Å². The summed E-state index contributed by atoms with van der Waals surface area (Å²) in [6.07, 6.45) is 0.199. The first-order valence-electron chi connectivity index (χ1n) is 6.81. The normalized spacial score (nSPS) is 10.7. The first-order chi connectivity index (χ1) is 9.56. The van der Waals surface area contributed by atoms with E-state index in [9.17, 15) is 0 Å². The molecule has 0 spiro atoms. The van der Waals surface area contributed by atoms with Crippen LogP contribution in [0.3, 0.4) is 0 Å². The minimum atomic E-state index is 0.199. The second kappa shape index (κ2) is 6.67. The Kier molecular flexibility index (Phi) is 4.91. The molecule has 0 saturated carbocycles. The number of hydrogen-bond donors (Lipinski definition) is 1. The lowest BCUT2D eigenvalue weighted by molar-refractivity contribution is 0.242. The Balaban J connectivity index is 2.00. The zero-order valence-electron chi connectivity index (χ0n) is 12.1. The van der Waals surface area contributed by atoms with Crippen molar-refractivity contribution in [3.05, 3.63) is 58.6 Å². The van der Waals surface area contributed by atoms with Crippen LogP contribution in [0.15, 0.2) is 42.5 Å². The molecule has 0 unspecified atom stereocenters. The summed E-state index contributed by atoms with van der Waals surface area (Å²) >= 11 is 6.20. The van der Waals surface area contributed by atoms with Crippen LogP contribution in [0.25, 0.3) is 0 Å². The smallest absolute Gasteiger partial charge is 0.119 e. The van der Waals surface area contributed by atoms with Gasteiger partial charge in [-0.1, -0.05) is 35.9 Å². The predicted molar refractivity (Wildman–Crippen MR) is 85.7 cm³/mol. The zero-order chi connectivity index (χ0) is 14.5. The summed E-state index contributed by atoms with van der Waals surface area (Å²) in [7, 11) is 0. The van der Waals surface area contributed by atoms with Gasteiger partial charge in [0.25, 0.3) is 0 Å². The third kappa shape index (κ3) is 3.91. The SMILES string of the molecule is Cc1cccc(Cl)c1NCc1ccc(OC(C)C)cc1. The molecule has 0 amide bonds. The average Bonchev–Trinajstić information content (AvgIpc) is 2.39. The molecule has 0 heterocycles. The Labute approximate surface area is 125 Å². The lowest BCUT2D eigenvalue weighted by atomic mass is 10.1. The fourth-order valence-electron chi connectivity index (χ4n) is 2.00. The highest BCUT2D eigenvalue weighted by Crippen LogP contribution is 2.26. The molecule has 2 rings (SSSR count). The third-order valence-corrected chi connectivity index (χ3v) is 3.30. The molecule has 20 heavy (non-hydrogen) atoms. The van der Waals surface area contributed by atoms with Crippen LogP contribution in [0.1, 0.15) is 25.0 Å². The molecule has 0 bridgehead atoms. The molecule has 2 nitrogen and oxygen atoms in total. The molecule has 106 valence electrons. The Morgan fingerprint density at radius 2 is 1.80 bits per heavy atom. The van der Waals surface area contributed by atoms with E-state index < -0.39 is 0 Å². The molecule has 3 heteroatoms. The zero-order valence-corrected chi connectivity index (χ0v) is 12.9. The molecule has 0 saturated heterocycles. The van der Waals surface area contributed by atoms with Gasteiger partial charge in [0.2, 0.25) is 0 Å². The standard InChI is InChI=1S/C17H20ClNO/c1-12(2)20-15-9-7-14(8-10-15)11-19-17-13(3)5-4-6-16(17)18/h4-10,12,19H,11H2,1-3H3. The fourth-order valence-corrected chi connectivity index (χ4v) is 2.29. The number of nitrogens with one attached hydrogen (secondary N) is 1. The van der Waals surface area contributed by atoms with Gasteiger partial charge in [0.15, 0.2) is 0 Å². The summed E-state index contributed by atoms with van der Waals surface area (Å²) < 4.78 is 5.63. The molecule has 0 radical (unpaired) electrons. The second-order valence-electron chi connectivity index (χ2n) is 5.10. The van der Waals surface area contributed by atoms with E-state index in [1.54, 1.807) is 0 Å². The van der Waals surface area contributed by atoms with Gasteiger partial charge in [0.05, 0.1) is 16.8 Å². The largest absolute Gasteiger partial charge is 0.491 e. The molecule has 0 aliphatic carbocycles. The van der Waals surface area contributed by atoms with Crippen LogP contribution in [-0.4, -0.2) is 6.10 Å². The van der Waals surface area contributed by atoms with E-state index in [1.165, 1.54) is 5.56 Å². The van der Waals surface area contributed by atoms with Crippen molar-refractivity contribution in [2.24, 2.45) is 0 Å². The maximum Gasteiger partial charge on any atom is 0.119 e. The van der Waals surface area contributed by atoms with Gasteiger partial charge >= 0.3 is 0 Å². The van der Waals surface area contributed by atoms with Crippen molar-refractivity contribution in [3.63, 3.8) is 0 Å². The van der Waals surface area contributed by atoms with E-state index in [-0.39, 0.29) is 6.10 Å². The minimum Gasteiger partial charge on any atom is -0.491 e. The molecule has 0 aliphatic heterocycles. The highest BCUT2D eigenvalue weighted by Gasteiger charge is 2.03. The van der Waals surface area contributed by atoms with E-state index in [4.69, 9.17) is 16.3 Å². The van der Waals surface area contributed by atoms with Gasteiger partial charge in [0, 0.05) is 6.54 Å². The van der Waals surface area contributed by atoms with Gasteiger partial charge in [-0.3, -0.25) is 0 Å². The van der Waals surface area contributed by atoms with Crippen molar-refractivity contribution < 1.29 is 4.74 Å². The predicted octanol–water partition coefficient (Wildman–Crippen LogP) is 5.05. The Morgan fingerprint density at radius 1 is 1.10 bits per heavy atom. The molecular formula is C17H20ClNO. The summed E-state index contributed by atoms with van der Waals surface area (Å²) in [5.74, 6) is 0.901. The molecule has 0 atom stereocenters. The number of para-hydroxylation sites is 1. The molecule has 0 fully saturated rings. The molecule has 0 aromatic heterocycles. The number of aryl methyl sites for hydroxylation is 1. The van der Waals surface area contributed by atoms with Crippen LogP contribution in [0.2, 0.25) is 5.02 Å². The highest BCUT2D eigenvalue weighted by molar-refractivity contribution is 6.33. The van der Waals surface area contributed by atoms with Crippen LogP contribution in [0.4, 0.5) is 5.69 Å². The van der Waals surface area contributed by atoms with Crippen LogP contribution < -0.4 is 10.1 Å². The maximum absolute atomic E-state index is 6.20. The molecule has 0 aliphatic rings. The summed E-state index contributed by atoms with van der Waals surface area (Å²) in [6, 6.07) is 14.0. The average molecular weight is 290 g/mol. The first kappa shape index (κ1) is 14.7. The lowest BCUT2D eigenvalue weighted by Gasteiger charge is -2.13. The van der Waals surface area contributed by atoms with E-state index in [0.29, 0.717) is 0 Å². The Hall–Kier alpha value is -1.67. The van der Waals surface area contributed by atoms with Crippen molar-refractivity contribution >= 4 is 17.3 Å². The monoisotopic (exact) mass is 289 g/mol. The van der Waals surface area contributed by atoms with Crippen LogP contribution >= 0.6 is 11.6 Å². The minimum absolute atomic E-state index is 0.199. The number of halogens is 1. The topological polar surface area (TPSA) is 21.3 Å². The quantitative estimate of drug-likeness (QED) is 0.832. The molecule has 1 N–H and O–H groups in total. The number of rotatable bonds is 5. The van der Waals surface area contributed by atoms with Gasteiger partial charge < -0.3 is 10.1 Å². The van der Waals surface area contributed by atoms with Crippen molar-refractivity contribution in [1.82, 2.24) is 0 Å². The molecular weight excluding hydrogens is 270 g/mol. The number of benzene rings is 2. The Bertz CT molecular complexity index is 543. The van der Waals surface area contributed by atoms with Gasteiger partial charge in [-0.2, -0.15) is 0 Å². The van der Waals surface area contributed by atoms with E-state index in [2.05, 4.69) is 17.4 Å². The van der Waals surface area contributed by atoms with Crippen molar-refractivity contribution in [2.75, 3.05) is 5.32 Å². The number of anilines is 1. The summed E-state index contributed by atoms with van der Waals surface area (Å²) in [5, 5.41) is 4.14. The molecule has 2 aromatic carbocycles. The fraction of sp³-hybridized carbons (Fsp3) is 0.294. The molecule has 2 aromatic rings. The second-order valence-corrected chi connectivity index (χ2v) is 5.50. The maximum atomic E-state index is 6.20. The highest BCUT2D eigenvalue weighted by atomic mass is 35.5. The van der Waals surface area contributed by atoms with Crippen LogP contribution in [0, 0.1) is 6.92 Å². The van der Waals surface area contributed by atoms with Gasteiger partial charge in [-0.05, 0) is 50.1 Å². The van der Waals surface area contributed by atoms with E-state index in [1.807, 2.05) is 51.1 Å². The van der Waals surface area contributed by atoms with E-state index in [0.717, 1.165) is 28.6 Å². The van der Waals surface area contributed by atoms with Crippen molar-refractivity contribution in [1.29, 1.82) is 0 Å². The third-order valence-electron chi connectivity index (χ3n) is 2.99. The van der Waals surface area contributed by atoms with Crippen LogP contribution in [0.5, 0.6) is 5.75 Å². The number of hydrogen-bond acceptors (Lipinski definition) is 2. The van der Waals surface area contributed by atoms with Crippen LogP contribution in [-0.2, 0) is 6.54 Å². The van der Waals surface area contributed by atoms with Gasteiger partial charge in [0.1, 0.15) is 5.75 Å².